The lowest BCUT2D eigenvalue weighted by Crippen LogP contribution is -2.22. The quantitative estimate of drug-likeness (QED) is 0.819. The molecular weight excluding hydrogens is 304 g/mol. The number of primary amides is 1. The summed E-state index contributed by atoms with van der Waals surface area (Å²) in [5.74, 6) is -0.230. The average molecular weight is 326 g/mol. The van der Waals surface area contributed by atoms with Crippen molar-refractivity contribution >= 4 is 17.5 Å². The molecule has 2 aromatic carbocycles. The summed E-state index contributed by atoms with van der Waals surface area (Å²) in [5, 5.41) is 2.86. The van der Waals surface area contributed by atoms with Crippen molar-refractivity contribution in [1.29, 1.82) is 0 Å². The third-order valence-corrected chi connectivity index (χ3v) is 3.89. The zero-order chi connectivity index (χ0) is 17.5. The standard InChI is InChI=1S/C19H22N2O3/c1-3-13(2)14-8-4-6-10-16(14)21-18(22)12-24-17-11-7-5-9-15(17)19(20)23/h4-11,13H,3,12H2,1-2H3,(H2,20,23)(H,21,22)/t13-/m1/s1. The van der Waals surface area contributed by atoms with Gasteiger partial charge in [-0.3, -0.25) is 9.59 Å². The molecule has 0 aliphatic carbocycles. The van der Waals surface area contributed by atoms with E-state index in [1.807, 2.05) is 24.3 Å². The van der Waals surface area contributed by atoms with Crippen LogP contribution < -0.4 is 15.8 Å². The number of nitrogens with one attached hydrogen (secondary N) is 1. The van der Waals surface area contributed by atoms with Crippen LogP contribution >= 0.6 is 0 Å². The number of hydrogen-bond acceptors (Lipinski definition) is 3. The first-order chi connectivity index (χ1) is 11.5. The molecule has 1 atom stereocenters. The summed E-state index contributed by atoms with van der Waals surface area (Å²) in [6.07, 6.45) is 0.982. The lowest BCUT2D eigenvalue weighted by molar-refractivity contribution is -0.118. The molecule has 0 aromatic heterocycles. The number of carbonyl (C=O) groups is 2. The largest absolute Gasteiger partial charge is 0.483 e. The Morgan fingerprint density at radius 3 is 2.50 bits per heavy atom. The van der Waals surface area contributed by atoms with Gasteiger partial charge in [-0.1, -0.05) is 44.2 Å². The fourth-order valence-corrected chi connectivity index (χ4v) is 2.39. The Morgan fingerprint density at radius 1 is 1.12 bits per heavy atom. The highest BCUT2D eigenvalue weighted by Gasteiger charge is 2.13. The average Bonchev–Trinajstić information content (AvgIpc) is 2.60. The predicted octanol–water partition coefficient (Wildman–Crippen LogP) is 3.32. The van der Waals surface area contributed by atoms with Crippen LogP contribution in [0.2, 0.25) is 0 Å². The Bertz CT molecular complexity index is 728. The molecule has 0 unspecified atom stereocenters. The summed E-state index contributed by atoms with van der Waals surface area (Å²) in [7, 11) is 0. The SMILES string of the molecule is CC[C@@H](C)c1ccccc1NC(=O)COc1ccccc1C(N)=O. The highest BCUT2D eigenvalue weighted by Crippen LogP contribution is 2.26. The van der Waals surface area contributed by atoms with E-state index in [2.05, 4.69) is 19.2 Å². The molecule has 0 radical (unpaired) electrons. The van der Waals surface area contributed by atoms with Crippen molar-refractivity contribution in [3.05, 3.63) is 59.7 Å². The first-order valence-corrected chi connectivity index (χ1v) is 7.93. The first-order valence-electron chi connectivity index (χ1n) is 7.93. The second-order valence-corrected chi connectivity index (χ2v) is 5.59. The van der Waals surface area contributed by atoms with Gasteiger partial charge in [0.1, 0.15) is 5.75 Å². The van der Waals surface area contributed by atoms with E-state index in [1.165, 1.54) is 0 Å². The number of benzene rings is 2. The second-order valence-electron chi connectivity index (χ2n) is 5.59. The van der Waals surface area contributed by atoms with Gasteiger partial charge in [-0.2, -0.15) is 0 Å². The van der Waals surface area contributed by atoms with Crippen molar-refractivity contribution in [2.75, 3.05) is 11.9 Å². The van der Waals surface area contributed by atoms with E-state index in [4.69, 9.17) is 10.5 Å². The summed E-state index contributed by atoms with van der Waals surface area (Å²) < 4.78 is 5.45. The summed E-state index contributed by atoms with van der Waals surface area (Å²) in [5.41, 5.74) is 7.42. The number of ether oxygens (including phenoxy) is 1. The Labute approximate surface area is 141 Å². The van der Waals surface area contributed by atoms with Gasteiger partial charge < -0.3 is 15.8 Å². The minimum atomic E-state index is -0.590. The molecule has 126 valence electrons. The molecule has 0 saturated carbocycles. The number of nitrogens with two attached hydrogens (primary N) is 1. The molecular formula is C19H22N2O3. The van der Waals surface area contributed by atoms with Crippen molar-refractivity contribution in [3.63, 3.8) is 0 Å². The number of carbonyl (C=O) groups excluding carboxylic acids is 2. The topological polar surface area (TPSA) is 81.4 Å². The Kier molecular flexibility index (Phi) is 5.95. The van der Waals surface area contributed by atoms with E-state index in [9.17, 15) is 9.59 Å². The highest BCUT2D eigenvalue weighted by atomic mass is 16.5. The van der Waals surface area contributed by atoms with E-state index in [1.54, 1.807) is 24.3 Å². The number of anilines is 1. The molecule has 2 amide bonds. The van der Waals surface area contributed by atoms with Gasteiger partial charge in [0.05, 0.1) is 5.56 Å². The molecule has 0 fully saturated rings. The van der Waals surface area contributed by atoms with E-state index in [-0.39, 0.29) is 18.1 Å². The maximum absolute atomic E-state index is 12.2. The van der Waals surface area contributed by atoms with Gasteiger partial charge in [-0.05, 0) is 36.1 Å². The Morgan fingerprint density at radius 2 is 1.79 bits per heavy atom. The van der Waals surface area contributed by atoms with Crippen molar-refractivity contribution in [3.8, 4) is 5.75 Å². The van der Waals surface area contributed by atoms with Gasteiger partial charge in [0.25, 0.3) is 11.8 Å². The van der Waals surface area contributed by atoms with Gasteiger partial charge in [0.15, 0.2) is 6.61 Å². The van der Waals surface area contributed by atoms with Gasteiger partial charge >= 0.3 is 0 Å². The van der Waals surface area contributed by atoms with Crippen molar-refractivity contribution < 1.29 is 14.3 Å². The summed E-state index contributed by atoms with van der Waals surface area (Å²) in [4.78, 5) is 23.5. The van der Waals surface area contributed by atoms with Crippen molar-refractivity contribution in [2.24, 2.45) is 5.73 Å². The lowest BCUT2D eigenvalue weighted by Gasteiger charge is -2.16. The molecule has 0 heterocycles. The number of rotatable bonds is 7. The molecule has 24 heavy (non-hydrogen) atoms. The van der Waals surface area contributed by atoms with Gasteiger partial charge in [0, 0.05) is 5.69 Å². The number of amides is 2. The maximum atomic E-state index is 12.2. The normalized spacial score (nSPS) is 11.6. The molecule has 2 rings (SSSR count). The van der Waals surface area contributed by atoms with Crippen LogP contribution in [0.3, 0.4) is 0 Å². The van der Waals surface area contributed by atoms with E-state index < -0.39 is 5.91 Å². The summed E-state index contributed by atoms with van der Waals surface area (Å²) in [6, 6.07) is 14.3. The van der Waals surface area contributed by atoms with Crippen LogP contribution in [-0.4, -0.2) is 18.4 Å². The summed E-state index contributed by atoms with van der Waals surface area (Å²) in [6.45, 7) is 4.02. The van der Waals surface area contributed by atoms with Crippen LogP contribution in [0.1, 0.15) is 42.1 Å². The molecule has 3 N–H and O–H groups in total. The fourth-order valence-electron chi connectivity index (χ4n) is 2.39. The smallest absolute Gasteiger partial charge is 0.262 e. The molecule has 0 aliphatic heterocycles. The monoisotopic (exact) mass is 326 g/mol. The van der Waals surface area contributed by atoms with Gasteiger partial charge in [-0.25, -0.2) is 0 Å². The number of hydrogen-bond donors (Lipinski definition) is 2. The third kappa shape index (κ3) is 4.35. The Balaban J connectivity index is 2.04. The van der Waals surface area contributed by atoms with Gasteiger partial charge in [-0.15, -0.1) is 0 Å². The minimum absolute atomic E-state index is 0.195. The van der Waals surface area contributed by atoms with E-state index in [0.29, 0.717) is 11.7 Å². The molecule has 5 nitrogen and oxygen atoms in total. The van der Waals surface area contributed by atoms with Crippen LogP contribution in [0, 0.1) is 0 Å². The van der Waals surface area contributed by atoms with E-state index in [0.717, 1.165) is 17.7 Å². The molecule has 0 saturated heterocycles. The molecule has 0 spiro atoms. The van der Waals surface area contributed by atoms with Crippen molar-refractivity contribution in [2.45, 2.75) is 26.2 Å². The molecule has 5 heteroatoms. The van der Waals surface area contributed by atoms with Crippen LogP contribution in [0.5, 0.6) is 5.75 Å². The molecule has 0 bridgehead atoms. The van der Waals surface area contributed by atoms with Crippen LogP contribution in [-0.2, 0) is 4.79 Å². The lowest BCUT2D eigenvalue weighted by atomic mass is 9.97. The minimum Gasteiger partial charge on any atom is -0.483 e. The van der Waals surface area contributed by atoms with E-state index >= 15 is 0 Å². The zero-order valence-corrected chi connectivity index (χ0v) is 13.9. The first kappa shape index (κ1) is 17.5. The van der Waals surface area contributed by atoms with Gasteiger partial charge in [0.2, 0.25) is 0 Å². The molecule has 0 aliphatic rings. The second kappa shape index (κ2) is 8.15. The highest BCUT2D eigenvalue weighted by molar-refractivity contribution is 5.96. The van der Waals surface area contributed by atoms with Crippen LogP contribution in [0.25, 0.3) is 0 Å². The maximum Gasteiger partial charge on any atom is 0.262 e. The summed E-state index contributed by atoms with van der Waals surface area (Å²) >= 11 is 0. The fraction of sp³-hybridized carbons (Fsp3) is 0.263. The third-order valence-electron chi connectivity index (χ3n) is 3.89. The van der Waals surface area contributed by atoms with Crippen LogP contribution in [0.4, 0.5) is 5.69 Å². The van der Waals surface area contributed by atoms with Crippen LogP contribution in [0.15, 0.2) is 48.5 Å². The predicted molar refractivity (Wildman–Crippen MR) is 94.2 cm³/mol. The zero-order valence-electron chi connectivity index (χ0n) is 13.9. The Hall–Kier alpha value is -2.82. The number of para-hydroxylation sites is 2. The van der Waals surface area contributed by atoms with Crippen molar-refractivity contribution in [1.82, 2.24) is 0 Å². The molecule has 2 aromatic rings.